The van der Waals surface area contributed by atoms with Crippen molar-refractivity contribution in [1.82, 2.24) is 9.97 Å². The average molecular weight is 550 g/mol. The summed E-state index contributed by atoms with van der Waals surface area (Å²) in [4.78, 5) is 7.74. The van der Waals surface area contributed by atoms with Gasteiger partial charge in [0, 0.05) is 18.0 Å². The second kappa shape index (κ2) is 13.2. The first-order valence-electron chi connectivity index (χ1n) is 11.4. The van der Waals surface area contributed by atoms with Crippen LogP contribution in [0.2, 0.25) is 0 Å². The fourth-order valence-electron chi connectivity index (χ4n) is 3.39. The van der Waals surface area contributed by atoms with Crippen LogP contribution in [-0.4, -0.2) is 22.2 Å². The Morgan fingerprint density at radius 1 is 0.718 bits per heavy atom. The van der Waals surface area contributed by atoms with E-state index in [0.29, 0.717) is 16.7 Å². The smallest absolute Gasteiger partial charge is 0.416 e. The van der Waals surface area contributed by atoms with Crippen molar-refractivity contribution < 1.29 is 40.9 Å². The highest BCUT2D eigenvalue weighted by Gasteiger charge is 2.31. The van der Waals surface area contributed by atoms with Gasteiger partial charge in [0.25, 0.3) is 0 Å². The number of hydrogen-bond acceptors (Lipinski definition) is 5. The van der Waals surface area contributed by atoms with Crippen molar-refractivity contribution in [2.75, 3.05) is 7.11 Å². The van der Waals surface area contributed by atoms with E-state index in [2.05, 4.69) is 9.97 Å². The van der Waals surface area contributed by atoms with Gasteiger partial charge in [-0.3, -0.25) is 0 Å². The lowest BCUT2D eigenvalue weighted by molar-refractivity contribution is -0.138. The van der Waals surface area contributed by atoms with Crippen LogP contribution in [0.4, 0.5) is 26.3 Å². The van der Waals surface area contributed by atoms with Crippen LogP contribution in [0.3, 0.4) is 0 Å². The molecular formula is C28H24F6N2O3. The quantitative estimate of drug-likeness (QED) is 0.251. The van der Waals surface area contributed by atoms with Crippen LogP contribution in [0.25, 0.3) is 0 Å². The van der Waals surface area contributed by atoms with E-state index in [-0.39, 0.29) is 13.2 Å². The molecule has 0 saturated carbocycles. The molecule has 0 fully saturated rings. The minimum atomic E-state index is -4.45. The molecule has 4 aromatic rings. The molecule has 39 heavy (non-hydrogen) atoms. The number of halogens is 6. The van der Waals surface area contributed by atoms with Gasteiger partial charge in [-0.05, 0) is 53.1 Å². The predicted molar refractivity (Wildman–Crippen MR) is 130 cm³/mol. The highest BCUT2D eigenvalue weighted by Crippen LogP contribution is 2.31. The molecule has 4 rings (SSSR count). The molecule has 1 heterocycles. The molecule has 1 atom stereocenters. The highest BCUT2D eigenvalue weighted by molar-refractivity contribution is 5.32. The number of aliphatic hydroxyl groups is 1. The van der Waals surface area contributed by atoms with E-state index < -0.39 is 29.6 Å². The van der Waals surface area contributed by atoms with Crippen molar-refractivity contribution in [3.63, 3.8) is 0 Å². The molecule has 206 valence electrons. The van der Waals surface area contributed by atoms with E-state index in [1.54, 1.807) is 19.5 Å². The van der Waals surface area contributed by atoms with E-state index in [1.807, 2.05) is 24.3 Å². The van der Waals surface area contributed by atoms with Gasteiger partial charge in [0.15, 0.2) is 0 Å². The Bertz CT molecular complexity index is 1260. The van der Waals surface area contributed by atoms with E-state index in [4.69, 9.17) is 9.47 Å². The van der Waals surface area contributed by atoms with Crippen molar-refractivity contribution >= 4 is 0 Å². The van der Waals surface area contributed by atoms with Gasteiger partial charge in [0.2, 0.25) is 0 Å². The van der Waals surface area contributed by atoms with Crippen molar-refractivity contribution in [3.05, 3.63) is 125 Å². The summed E-state index contributed by atoms with van der Waals surface area (Å²) in [6.07, 6.45) is -4.96. The van der Waals surface area contributed by atoms with Crippen molar-refractivity contribution in [1.29, 1.82) is 0 Å². The van der Waals surface area contributed by atoms with Crippen LogP contribution in [0.15, 0.2) is 91.5 Å². The summed E-state index contributed by atoms with van der Waals surface area (Å²) in [5, 5.41) is 10.0. The number of ether oxygens (including phenoxy) is 2. The monoisotopic (exact) mass is 550 g/mol. The molecule has 0 aliphatic rings. The van der Waals surface area contributed by atoms with Gasteiger partial charge in [-0.25, -0.2) is 9.97 Å². The largest absolute Gasteiger partial charge is 0.497 e. The Hall–Kier alpha value is -3.96. The number of methoxy groups -OCH3 is 1. The molecule has 1 unspecified atom stereocenters. The fraction of sp³-hybridized carbons (Fsp3) is 0.214. The summed E-state index contributed by atoms with van der Waals surface area (Å²) < 4.78 is 85.6. The third-order valence-corrected chi connectivity index (χ3v) is 5.37. The van der Waals surface area contributed by atoms with Gasteiger partial charge in [0.1, 0.15) is 18.2 Å². The maximum Gasteiger partial charge on any atom is 0.416 e. The molecule has 0 amide bonds. The number of rotatable bonds is 7. The van der Waals surface area contributed by atoms with Crippen molar-refractivity contribution in [3.8, 4) is 5.75 Å². The number of aliphatic hydroxyl groups excluding tert-OH is 1. The Labute approximate surface area is 220 Å². The number of benzene rings is 3. The Kier molecular flexibility index (Phi) is 10.0. The minimum absolute atomic E-state index is 0.125. The van der Waals surface area contributed by atoms with Gasteiger partial charge >= 0.3 is 12.4 Å². The molecule has 1 N–H and O–H groups in total. The molecule has 0 radical (unpaired) electrons. The van der Waals surface area contributed by atoms with E-state index >= 15 is 0 Å². The number of nitrogens with zero attached hydrogens (tertiary/aromatic N) is 2. The molecule has 0 aliphatic heterocycles. The van der Waals surface area contributed by atoms with Crippen molar-refractivity contribution in [2.45, 2.75) is 31.7 Å². The molecule has 0 spiro atoms. The van der Waals surface area contributed by atoms with Gasteiger partial charge in [-0.2, -0.15) is 26.3 Å². The molecule has 3 aromatic carbocycles. The molecule has 0 saturated heterocycles. The van der Waals surface area contributed by atoms with Crippen LogP contribution in [0.5, 0.6) is 5.75 Å². The molecule has 1 aromatic heterocycles. The zero-order chi connectivity index (χ0) is 28.5. The molecule has 11 heteroatoms. The van der Waals surface area contributed by atoms with Crippen LogP contribution >= 0.6 is 0 Å². The minimum Gasteiger partial charge on any atom is -0.497 e. The highest BCUT2D eigenvalue weighted by atomic mass is 19.4. The van der Waals surface area contributed by atoms with Gasteiger partial charge < -0.3 is 14.6 Å². The Morgan fingerprint density at radius 2 is 1.21 bits per heavy atom. The normalized spacial score (nSPS) is 12.3. The second-order valence-corrected chi connectivity index (χ2v) is 8.24. The molecular weight excluding hydrogens is 526 g/mol. The maximum atomic E-state index is 12.6. The first kappa shape index (κ1) is 29.6. The summed E-state index contributed by atoms with van der Waals surface area (Å²) in [6, 6.07) is 16.5. The van der Waals surface area contributed by atoms with Crippen molar-refractivity contribution in [2.24, 2.45) is 0 Å². The zero-order valence-electron chi connectivity index (χ0n) is 20.6. The van der Waals surface area contributed by atoms with Gasteiger partial charge in [0.05, 0.1) is 31.5 Å². The first-order chi connectivity index (χ1) is 18.5. The van der Waals surface area contributed by atoms with E-state index in [9.17, 15) is 31.4 Å². The summed E-state index contributed by atoms with van der Waals surface area (Å²) in [6.45, 7) is -0.250. The zero-order valence-corrected chi connectivity index (χ0v) is 20.6. The third-order valence-electron chi connectivity index (χ3n) is 5.37. The summed E-state index contributed by atoms with van der Waals surface area (Å²) in [5.41, 5.74) is 0.470. The summed E-state index contributed by atoms with van der Waals surface area (Å²) >= 11 is 0. The van der Waals surface area contributed by atoms with Crippen LogP contribution in [0, 0.1) is 0 Å². The fourth-order valence-corrected chi connectivity index (χ4v) is 3.39. The SMILES string of the molecule is COc1ccc(C(O)c2cncnc2)cc1.FC(F)(F)c1cccc(COCc2cccc(C(F)(F)F)c2)c1. The number of aromatic nitrogens is 2. The van der Waals surface area contributed by atoms with Crippen LogP contribution < -0.4 is 4.74 Å². The van der Waals surface area contributed by atoms with Gasteiger partial charge in [-0.1, -0.05) is 36.4 Å². The molecule has 5 nitrogen and oxygen atoms in total. The maximum absolute atomic E-state index is 12.6. The molecule has 0 aliphatic carbocycles. The average Bonchev–Trinajstić information content (AvgIpc) is 2.93. The number of alkyl halides is 6. The lowest BCUT2D eigenvalue weighted by Gasteiger charge is -2.10. The first-order valence-corrected chi connectivity index (χ1v) is 11.4. The topological polar surface area (TPSA) is 64.5 Å². The molecule has 0 bridgehead atoms. The predicted octanol–water partition coefficient (Wildman–Crippen LogP) is 7.01. The van der Waals surface area contributed by atoms with E-state index in [1.165, 1.54) is 30.6 Å². The lowest BCUT2D eigenvalue weighted by Crippen LogP contribution is -2.06. The number of hydrogen-bond donors (Lipinski definition) is 1. The van der Waals surface area contributed by atoms with Crippen LogP contribution in [0.1, 0.15) is 39.5 Å². The van der Waals surface area contributed by atoms with Gasteiger partial charge in [-0.15, -0.1) is 0 Å². The van der Waals surface area contributed by atoms with Crippen LogP contribution in [-0.2, 0) is 30.3 Å². The summed E-state index contributed by atoms with van der Waals surface area (Å²) in [5.74, 6) is 0.764. The van der Waals surface area contributed by atoms with E-state index in [0.717, 1.165) is 35.6 Å². The Balaban J connectivity index is 0.000000230. The third kappa shape index (κ3) is 9.08. The Morgan fingerprint density at radius 3 is 1.64 bits per heavy atom. The standard InChI is InChI=1S/C16H12F6O.C12H12N2O2/c17-15(18,19)13-5-1-3-11(7-13)9-23-10-12-4-2-6-14(8-12)16(20,21)22;1-16-11-4-2-9(3-5-11)12(15)10-6-13-8-14-7-10/h1-8H,9-10H2;2-8,12,15H,1H3. The lowest BCUT2D eigenvalue weighted by atomic mass is 10.0. The summed E-state index contributed by atoms with van der Waals surface area (Å²) in [7, 11) is 1.61. The second-order valence-electron chi connectivity index (χ2n) is 8.24.